The van der Waals surface area contributed by atoms with Gasteiger partial charge in [0.05, 0.1) is 25.1 Å². The molecule has 0 aromatic heterocycles. The van der Waals surface area contributed by atoms with Gasteiger partial charge in [-0.2, -0.15) is 0 Å². The average Bonchev–Trinajstić information content (AvgIpc) is 3.72. The fourth-order valence-corrected chi connectivity index (χ4v) is 9.52. The summed E-state index contributed by atoms with van der Waals surface area (Å²) in [7, 11) is 5.63. The molecule has 0 bridgehead atoms. The first-order valence-electron chi connectivity index (χ1n) is 19.9. The van der Waals surface area contributed by atoms with Gasteiger partial charge < -0.3 is 28.8 Å². The van der Waals surface area contributed by atoms with Crippen LogP contribution in [0.15, 0.2) is 78.9 Å². The van der Waals surface area contributed by atoms with Gasteiger partial charge in [-0.05, 0) is 128 Å². The Morgan fingerprint density at radius 3 is 1.59 bits per heavy atom. The van der Waals surface area contributed by atoms with Gasteiger partial charge in [-0.25, -0.2) is 0 Å². The molecule has 8 nitrogen and oxygen atoms in total. The Balaban J connectivity index is 0.00000264. The van der Waals surface area contributed by atoms with Crippen LogP contribution in [0.4, 0.5) is 22.7 Å². The van der Waals surface area contributed by atoms with Crippen molar-refractivity contribution in [2.45, 2.75) is 78.0 Å². The van der Waals surface area contributed by atoms with E-state index in [-0.39, 0.29) is 95.9 Å². The number of carbonyl (C=O) groups is 2. The summed E-state index contributed by atoms with van der Waals surface area (Å²) in [4.78, 5) is 31.9. The number of anilines is 2. The summed E-state index contributed by atoms with van der Waals surface area (Å²) in [5.74, 6) is 0.626. The largest absolute Gasteiger partial charge is 0.497 e. The normalized spacial score (nSPS) is 17.2. The molecule has 0 unspecified atom stereocenters. The second-order valence-electron chi connectivity index (χ2n) is 16.0. The third-order valence-electron chi connectivity index (χ3n) is 12.9. The van der Waals surface area contributed by atoms with Crippen molar-refractivity contribution in [2.24, 2.45) is 0 Å². The smallest absolute Gasteiger partial charge is 0.246 e. The summed E-state index contributed by atoms with van der Waals surface area (Å²) in [6.07, 6.45) is 11.7. The number of ether oxygens (including phenoxy) is 1. The van der Waals surface area contributed by atoms with Crippen molar-refractivity contribution in [1.29, 1.82) is 0 Å². The molecule has 1 N–H and O–H groups in total. The molecule has 0 saturated heterocycles. The molecular weight excluding hydrogens is 886 g/mol. The maximum Gasteiger partial charge on any atom is 0.246 e. The third-order valence-corrected chi connectivity index (χ3v) is 12.9. The Hall–Kier alpha value is -3.65. The fourth-order valence-electron chi connectivity index (χ4n) is 9.52. The van der Waals surface area contributed by atoms with Crippen LogP contribution in [0.2, 0.25) is 0 Å². The van der Waals surface area contributed by atoms with Crippen LogP contribution in [0, 0.1) is 20.8 Å². The first-order valence-corrected chi connectivity index (χ1v) is 19.9. The molecule has 2 atom stereocenters. The fraction of sp³-hybridized carbons (Fsp3) is 0.306. The molecule has 2 radical (unpaired) electrons. The zero-order valence-electron chi connectivity index (χ0n) is 34.7. The van der Waals surface area contributed by atoms with Gasteiger partial charge in [-0.1, -0.05) is 66.2 Å². The molecule has 0 saturated carbocycles. The second kappa shape index (κ2) is 17.4. The van der Waals surface area contributed by atoms with Crippen LogP contribution in [0.25, 0.3) is 0 Å². The summed E-state index contributed by atoms with van der Waals surface area (Å²) in [5.41, 5.74) is 16.3. The topological polar surface area (TPSA) is 76.1 Å². The van der Waals surface area contributed by atoms with Gasteiger partial charge in [-0.15, -0.1) is 0 Å². The van der Waals surface area contributed by atoms with Crippen molar-refractivity contribution in [1.82, 2.24) is 0 Å². The van der Waals surface area contributed by atoms with E-state index in [1.165, 1.54) is 27.8 Å². The van der Waals surface area contributed by atoms with Crippen LogP contribution in [0.3, 0.4) is 0 Å². The van der Waals surface area contributed by atoms with Crippen molar-refractivity contribution in [3.05, 3.63) is 146 Å². The van der Waals surface area contributed by atoms with E-state index in [0.717, 1.165) is 89.1 Å². The van der Waals surface area contributed by atoms with E-state index < -0.39 is 0 Å². The maximum absolute atomic E-state index is 14.1. The first-order chi connectivity index (χ1) is 27.6. The number of carbonyl (C=O) groups excluding carboxylic acids is 2. The number of nitrogens with zero attached hydrogens (tertiary/aromatic N) is 4. The van der Waals surface area contributed by atoms with Crippen molar-refractivity contribution in [3.8, 4) is 5.75 Å². The molecule has 2 amide bonds. The van der Waals surface area contributed by atoms with E-state index in [2.05, 4.69) is 63.5 Å². The van der Waals surface area contributed by atoms with Gasteiger partial charge in [-0.3, -0.25) is 9.59 Å². The van der Waals surface area contributed by atoms with Crippen molar-refractivity contribution in [2.75, 3.05) is 31.0 Å². The molecule has 5 aromatic rings. The zero-order chi connectivity index (χ0) is 39.7. The molecule has 5 aromatic carbocycles. The Kier molecular flexibility index (Phi) is 12.8. The van der Waals surface area contributed by atoms with Crippen LogP contribution in [0.1, 0.15) is 76.4 Å². The predicted octanol–water partition coefficient (Wildman–Crippen LogP) is 7.29. The first kappa shape index (κ1) is 43.4. The number of amides is 2. The van der Waals surface area contributed by atoms with E-state index in [1.807, 2.05) is 81.6 Å². The number of benzene rings is 5. The predicted molar refractivity (Wildman–Crippen MR) is 224 cm³/mol. The maximum atomic E-state index is 14.1. The standard InChI is InChI=1S/C49H48N4O4.2Y/c1-29-30(2)32(15-17-34-23-45-41(22-38(34)28-54)48(55)52-39(26-50(45)4)20-35-11-7-9-13-43(35)52)19-33(31(29)3)16-18-37-24-46-42(25-47(37)57-6)49(56)53-40(27-51(46)5)21-36-12-8-10-14-44(36)53;;/h7-14,19,22-25,39-40,54H,15-18,20-21,28H2,1-6H3;;/t39-,40-;;/m0../s1. The molecule has 10 heteroatoms. The van der Waals surface area contributed by atoms with Crippen LogP contribution < -0.4 is 14.5 Å². The molecule has 0 fully saturated rings. The molecule has 0 spiro atoms. The number of para-hydroxylation sites is 2. The molecule has 4 aliphatic rings. The molecule has 294 valence electrons. The van der Waals surface area contributed by atoms with E-state index in [4.69, 9.17) is 4.74 Å². The number of hydrogen-bond acceptors (Lipinski definition) is 4. The number of rotatable bonds is 8. The molecule has 0 aliphatic carbocycles. The average molecular weight is 935 g/mol. The molecule has 4 aliphatic heterocycles. The van der Waals surface area contributed by atoms with Gasteiger partial charge in [0.25, 0.3) is 0 Å². The Labute approximate surface area is 397 Å². The van der Waals surface area contributed by atoms with Crippen molar-refractivity contribution < 1.29 is 94.0 Å². The van der Waals surface area contributed by atoms with Crippen LogP contribution in [0.5, 0.6) is 5.75 Å². The van der Waals surface area contributed by atoms with Gasteiger partial charge in [0.15, 0.2) is 0 Å². The number of fused-ring (bicyclic) bond motifs is 8. The summed E-state index contributed by atoms with van der Waals surface area (Å²) in [6.45, 7) is 6.47. The van der Waals surface area contributed by atoms with Crippen LogP contribution >= 0.6 is 0 Å². The van der Waals surface area contributed by atoms with Crippen molar-refractivity contribution in [3.63, 3.8) is 0 Å². The summed E-state index contributed by atoms with van der Waals surface area (Å²) in [5, 5.41) is 10.6. The van der Waals surface area contributed by atoms with Gasteiger partial charge >= 0.3 is 0 Å². The van der Waals surface area contributed by atoms with Crippen LogP contribution in [-0.4, -0.2) is 71.8 Å². The van der Waals surface area contributed by atoms with E-state index in [0.29, 0.717) is 16.9 Å². The van der Waals surface area contributed by atoms with E-state index in [9.17, 15) is 14.7 Å². The van der Waals surface area contributed by atoms with Crippen molar-refractivity contribution >= 4 is 47.0 Å². The van der Waals surface area contributed by atoms with E-state index >= 15 is 0 Å². The SMILES string of the molecule is COc1cc2c(cc1CCc1cc(CCc3cc4c(cc3CO)C(=O)N3c5ccccc5C[C@H]3[C-]=[N+]4C)c(C)c(C)c1C)[N+](C)=[C-][C@@H]1Cc3ccccc3N1C2=O.[Y].[Y]. The zero-order valence-corrected chi connectivity index (χ0v) is 40.4. The molecule has 59 heavy (non-hydrogen) atoms. The van der Waals surface area contributed by atoms with E-state index in [1.54, 1.807) is 7.11 Å². The van der Waals surface area contributed by atoms with Crippen LogP contribution in [-0.2, 0) is 111 Å². The number of aliphatic hydroxyl groups is 1. The quantitative estimate of drug-likeness (QED) is 0.131. The number of methoxy groups -OCH3 is 1. The summed E-state index contributed by atoms with van der Waals surface area (Å²) in [6, 6.07) is 26.2. The third kappa shape index (κ3) is 7.56. The number of aliphatic hydroxyl groups excluding tert-OH is 1. The summed E-state index contributed by atoms with van der Waals surface area (Å²) < 4.78 is 9.90. The Morgan fingerprint density at radius 2 is 1.08 bits per heavy atom. The summed E-state index contributed by atoms with van der Waals surface area (Å²) >= 11 is 0. The van der Waals surface area contributed by atoms with Gasteiger partial charge in [0.1, 0.15) is 19.8 Å². The Morgan fingerprint density at radius 1 is 0.627 bits per heavy atom. The number of aryl methyl sites for hydroxylation is 4. The van der Waals surface area contributed by atoms with Gasteiger partial charge in [0.2, 0.25) is 11.8 Å². The molecule has 4 heterocycles. The molecule has 9 rings (SSSR count). The number of hydrogen-bond donors (Lipinski definition) is 1. The monoisotopic (exact) mass is 934 g/mol. The minimum Gasteiger partial charge on any atom is -0.497 e. The second-order valence-corrected chi connectivity index (χ2v) is 16.0. The minimum atomic E-state index is -0.174. The van der Waals surface area contributed by atoms with Gasteiger partial charge in [0, 0.05) is 112 Å². The molecular formula is C49H48N4O4Y2. The minimum absolute atomic E-state index is 0. The Bertz CT molecular complexity index is 2420.